The first-order chi connectivity index (χ1) is 7.79. The Morgan fingerprint density at radius 1 is 0.706 bits per heavy atom. The molecule has 0 nitrogen and oxygen atoms in total. The van der Waals surface area contributed by atoms with E-state index in [-0.39, 0.29) is 31.9 Å². The standard InChI is InChI=1S/C15H17P.HI/c1-13(2)16(14-9-5-3-6-10-14)15-11-7-4-8-12-15;/h3-13H,1-2H3;1H. The monoisotopic (exact) mass is 356 g/mol. The summed E-state index contributed by atoms with van der Waals surface area (Å²) in [5.74, 6) is 0. The molecule has 0 fully saturated rings. The summed E-state index contributed by atoms with van der Waals surface area (Å²) < 4.78 is 0. The number of hydrogen-bond acceptors (Lipinski definition) is 0. The zero-order valence-corrected chi connectivity index (χ0v) is 13.4. The minimum Gasteiger partial charge on any atom is -0.107 e. The fraction of sp³-hybridized carbons (Fsp3) is 0.200. The maximum atomic E-state index is 2.31. The third-order valence-electron chi connectivity index (χ3n) is 2.59. The number of hydrogen-bond donors (Lipinski definition) is 0. The number of halogens is 1. The molecule has 17 heavy (non-hydrogen) atoms. The molecule has 0 N–H and O–H groups in total. The molecule has 0 heterocycles. The Labute approximate surface area is 122 Å². The van der Waals surface area contributed by atoms with Gasteiger partial charge in [0.05, 0.1) is 0 Å². The van der Waals surface area contributed by atoms with Crippen LogP contribution in [0.3, 0.4) is 0 Å². The van der Waals surface area contributed by atoms with Crippen LogP contribution in [0.1, 0.15) is 13.8 Å². The molecule has 0 saturated carbocycles. The molecule has 0 aromatic heterocycles. The molecular weight excluding hydrogens is 338 g/mol. The van der Waals surface area contributed by atoms with Crippen molar-refractivity contribution in [3.8, 4) is 0 Å². The lowest BCUT2D eigenvalue weighted by Gasteiger charge is -2.22. The van der Waals surface area contributed by atoms with Gasteiger partial charge in [0.1, 0.15) is 0 Å². The van der Waals surface area contributed by atoms with Crippen molar-refractivity contribution in [2.45, 2.75) is 19.5 Å². The van der Waals surface area contributed by atoms with E-state index in [9.17, 15) is 0 Å². The van der Waals surface area contributed by atoms with Crippen LogP contribution in [0.15, 0.2) is 60.7 Å². The highest BCUT2D eigenvalue weighted by atomic mass is 127. The molecule has 0 bridgehead atoms. The van der Waals surface area contributed by atoms with Crippen LogP contribution in [0, 0.1) is 0 Å². The van der Waals surface area contributed by atoms with E-state index in [4.69, 9.17) is 0 Å². The van der Waals surface area contributed by atoms with Crippen LogP contribution >= 0.6 is 31.9 Å². The Balaban J connectivity index is 0.00000144. The largest absolute Gasteiger partial charge is 0.107 e. The van der Waals surface area contributed by atoms with Crippen molar-refractivity contribution in [2.24, 2.45) is 0 Å². The lowest BCUT2D eigenvalue weighted by molar-refractivity contribution is 1.10. The second-order valence-electron chi connectivity index (χ2n) is 4.13. The molecule has 0 aliphatic carbocycles. The molecule has 2 aromatic rings. The fourth-order valence-electron chi connectivity index (χ4n) is 1.92. The average Bonchev–Trinajstić information content (AvgIpc) is 2.31. The summed E-state index contributed by atoms with van der Waals surface area (Å²) in [6.45, 7) is 4.62. The topological polar surface area (TPSA) is 0 Å². The van der Waals surface area contributed by atoms with E-state index in [0.29, 0.717) is 5.66 Å². The van der Waals surface area contributed by atoms with E-state index in [1.165, 1.54) is 10.6 Å². The summed E-state index contributed by atoms with van der Waals surface area (Å²) in [5, 5.41) is 2.94. The smallest absolute Gasteiger partial charge is 0.0186 e. The van der Waals surface area contributed by atoms with Gasteiger partial charge in [-0.1, -0.05) is 74.5 Å². The predicted molar refractivity (Wildman–Crippen MR) is 89.6 cm³/mol. The van der Waals surface area contributed by atoms with Crippen molar-refractivity contribution in [3.05, 3.63) is 60.7 Å². The normalized spacial score (nSPS) is 10.4. The summed E-state index contributed by atoms with van der Waals surface area (Å²) >= 11 is 0. The van der Waals surface area contributed by atoms with E-state index >= 15 is 0 Å². The van der Waals surface area contributed by atoms with Gasteiger partial charge in [-0.3, -0.25) is 0 Å². The lowest BCUT2D eigenvalue weighted by atomic mass is 10.4. The van der Waals surface area contributed by atoms with Crippen molar-refractivity contribution < 1.29 is 0 Å². The van der Waals surface area contributed by atoms with Crippen molar-refractivity contribution in [1.29, 1.82) is 0 Å². The van der Waals surface area contributed by atoms with Crippen molar-refractivity contribution in [1.82, 2.24) is 0 Å². The maximum absolute atomic E-state index is 2.31. The molecule has 0 saturated heterocycles. The third-order valence-corrected chi connectivity index (χ3v) is 5.33. The molecule has 0 aliphatic rings. The molecule has 0 unspecified atom stereocenters. The SMILES string of the molecule is CC(C)P(c1ccccc1)c1ccccc1.I. The van der Waals surface area contributed by atoms with Crippen LogP contribution in [0.4, 0.5) is 0 Å². The highest BCUT2D eigenvalue weighted by Crippen LogP contribution is 2.38. The van der Waals surface area contributed by atoms with Gasteiger partial charge in [0.15, 0.2) is 0 Å². The molecule has 90 valence electrons. The third kappa shape index (κ3) is 3.79. The molecule has 0 radical (unpaired) electrons. The molecule has 0 atom stereocenters. The quantitative estimate of drug-likeness (QED) is 0.573. The molecule has 0 spiro atoms. The summed E-state index contributed by atoms with van der Waals surface area (Å²) in [7, 11) is -0.210. The first-order valence-electron chi connectivity index (χ1n) is 5.68. The Morgan fingerprint density at radius 2 is 1.06 bits per heavy atom. The average molecular weight is 356 g/mol. The van der Waals surface area contributed by atoms with Crippen LogP contribution in [0.2, 0.25) is 0 Å². The first-order valence-corrected chi connectivity index (χ1v) is 7.09. The van der Waals surface area contributed by atoms with E-state index in [0.717, 1.165) is 0 Å². The highest BCUT2D eigenvalue weighted by molar-refractivity contribution is 14.0. The van der Waals surface area contributed by atoms with Gasteiger partial charge in [-0.15, -0.1) is 24.0 Å². The highest BCUT2D eigenvalue weighted by Gasteiger charge is 2.16. The minimum absolute atomic E-state index is 0. The van der Waals surface area contributed by atoms with Crippen LogP contribution in [0.5, 0.6) is 0 Å². The number of rotatable bonds is 3. The molecule has 2 heteroatoms. The Kier molecular flexibility index (Phi) is 6.15. The van der Waals surface area contributed by atoms with Gasteiger partial charge in [-0.05, 0) is 24.2 Å². The maximum Gasteiger partial charge on any atom is -0.0186 e. The van der Waals surface area contributed by atoms with Crippen LogP contribution in [-0.4, -0.2) is 5.66 Å². The van der Waals surface area contributed by atoms with Gasteiger partial charge in [0.25, 0.3) is 0 Å². The lowest BCUT2D eigenvalue weighted by Crippen LogP contribution is -2.17. The molecule has 2 rings (SSSR count). The summed E-state index contributed by atoms with van der Waals surface area (Å²) in [6.07, 6.45) is 0. The van der Waals surface area contributed by atoms with Crippen LogP contribution in [-0.2, 0) is 0 Å². The Hall–Kier alpha value is -0.400. The predicted octanol–water partition coefficient (Wildman–Crippen LogP) is 4.15. The zero-order valence-electron chi connectivity index (χ0n) is 10.2. The Morgan fingerprint density at radius 3 is 1.35 bits per heavy atom. The van der Waals surface area contributed by atoms with Gasteiger partial charge < -0.3 is 0 Å². The summed E-state index contributed by atoms with van der Waals surface area (Å²) in [4.78, 5) is 0. The van der Waals surface area contributed by atoms with E-state index in [2.05, 4.69) is 74.5 Å². The first kappa shape index (κ1) is 14.7. The minimum atomic E-state index is -0.210. The van der Waals surface area contributed by atoms with Gasteiger partial charge in [-0.25, -0.2) is 0 Å². The van der Waals surface area contributed by atoms with Gasteiger partial charge >= 0.3 is 0 Å². The van der Waals surface area contributed by atoms with Crippen LogP contribution in [0.25, 0.3) is 0 Å². The van der Waals surface area contributed by atoms with Gasteiger partial charge in [0.2, 0.25) is 0 Å². The molecule has 2 aromatic carbocycles. The molecule has 0 amide bonds. The molecular formula is C15H18IP. The van der Waals surface area contributed by atoms with E-state index < -0.39 is 0 Å². The second-order valence-corrected chi connectivity index (χ2v) is 6.94. The van der Waals surface area contributed by atoms with Crippen LogP contribution < -0.4 is 10.6 Å². The number of benzene rings is 2. The van der Waals surface area contributed by atoms with Gasteiger partial charge in [-0.2, -0.15) is 0 Å². The fourth-order valence-corrected chi connectivity index (χ4v) is 4.40. The summed E-state index contributed by atoms with van der Waals surface area (Å²) in [6, 6.07) is 21.7. The second kappa shape index (κ2) is 7.13. The van der Waals surface area contributed by atoms with Crippen molar-refractivity contribution in [3.63, 3.8) is 0 Å². The summed E-state index contributed by atoms with van der Waals surface area (Å²) in [5.41, 5.74) is 0.680. The Bertz CT molecular complexity index is 386. The van der Waals surface area contributed by atoms with Crippen molar-refractivity contribution >= 4 is 42.5 Å². The molecule has 0 aliphatic heterocycles. The zero-order chi connectivity index (χ0) is 11.4. The van der Waals surface area contributed by atoms with E-state index in [1.807, 2.05) is 0 Å². The van der Waals surface area contributed by atoms with Gasteiger partial charge in [0, 0.05) is 0 Å². The van der Waals surface area contributed by atoms with E-state index in [1.54, 1.807) is 0 Å². The van der Waals surface area contributed by atoms with Crippen molar-refractivity contribution in [2.75, 3.05) is 0 Å².